The molecule has 1 rings (SSSR count). The summed E-state index contributed by atoms with van der Waals surface area (Å²) >= 11 is 0. The summed E-state index contributed by atoms with van der Waals surface area (Å²) in [5, 5.41) is 26.3. The van der Waals surface area contributed by atoms with E-state index >= 15 is 0 Å². The molecule has 11 heavy (non-hydrogen) atoms. The number of ether oxygens (including phenoxy) is 1. The van der Waals surface area contributed by atoms with Gasteiger partial charge in [0.05, 0.1) is 6.10 Å². The topological polar surface area (TPSA) is 87.0 Å². The minimum atomic E-state index is -1.28. The minimum Gasteiger partial charge on any atom is -0.479 e. The fourth-order valence-electron chi connectivity index (χ4n) is 1.02. The average molecular weight is 162 g/mol. The Morgan fingerprint density at radius 3 is 2.45 bits per heavy atom. The van der Waals surface area contributed by atoms with Crippen molar-refractivity contribution in [2.75, 3.05) is 0 Å². The SMILES string of the molecule is O=C(O)C1O[C@@H](O)CC[C@H]1O. The van der Waals surface area contributed by atoms with Crippen molar-refractivity contribution in [2.24, 2.45) is 0 Å². The van der Waals surface area contributed by atoms with E-state index in [1.54, 1.807) is 0 Å². The Balaban J connectivity index is 2.54. The Hall–Kier alpha value is -0.650. The Morgan fingerprint density at radius 2 is 2.00 bits per heavy atom. The van der Waals surface area contributed by atoms with Gasteiger partial charge in [-0.25, -0.2) is 4.79 Å². The van der Waals surface area contributed by atoms with Crippen molar-refractivity contribution in [3.63, 3.8) is 0 Å². The zero-order valence-corrected chi connectivity index (χ0v) is 5.80. The molecule has 0 radical (unpaired) electrons. The van der Waals surface area contributed by atoms with Crippen LogP contribution in [0.3, 0.4) is 0 Å². The zero-order chi connectivity index (χ0) is 8.43. The summed E-state index contributed by atoms with van der Waals surface area (Å²) < 4.78 is 4.57. The van der Waals surface area contributed by atoms with E-state index < -0.39 is 24.5 Å². The number of rotatable bonds is 1. The van der Waals surface area contributed by atoms with E-state index in [0.29, 0.717) is 0 Å². The maximum Gasteiger partial charge on any atom is 0.335 e. The van der Waals surface area contributed by atoms with Crippen LogP contribution in [0.25, 0.3) is 0 Å². The molecule has 0 aromatic carbocycles. The van der Waals surface area contributed by atoms with Crippen LogP contribution >= 0.6 is 0 Å². The maximum absolute atomic E-state index is 10.3. The molecule has 0 amide bonds. The van der Waals surface area contributed by atoms with Gasteiger partial charge in [-0.15, -0.1) is 0 Å². The normalized spacial score (nSPS) is 38.5. The smallest absolute Gasteiger partial charge is 0.335 e. The molecule has 0 aliphatic carbocycles. The van der Waals surface area contributed by atoms with Gasteiger partial charge < -0.3 is 20.1 Å². The Morgan fingerprint density at radius 1 is 1.36 bits per heavy atom. The second-order valence-electron chi connectivity index (χ2n) is 2.49. The molecular formula is C6H10O5. The molecule has 0 bridgehead atoms. The summed E-state index contributed by atoms with van der Waals surface area (Å²) in [7, 11) is 0. The van der Waals surface area contributed by atoms with E-state index in [-0.39, 0.29) is 12.8 Å². The minimum absolute atomic E-state index is 0.262. The number of carboxylic acids is 1. The summed E-state index contributed by atoms with van der Waals surface area (Å²) in [6.45, 7) is 0. The highest BCUT2D eigenvalue weighted by Gasteiger charge is 2.34. The molecule has 5 nitrogen and oxygen atoms in total. The number of aliphatic carboxylic acids is 1. The molecule has 1 fully saturated rings. The quantitative estimate of drug-likeness (QED) is 0.457. The molecule has 0 aromatic rings. The van der Waals surface area contributed by atoms with Gasteiger partial charge >= 0.3 is 5.97 Å². The van der Waals surface area contributed by atoms with Gasteiger partial charge in [0.25, 0.3) is 0 Å². The van der Waals surface area contributed by atoms with E-state index in [0.717, 1.165) is 0 Å². The first kappa shape index (κ1) is 8.45. The van der Waals surface area contributed by atoms with Crippen molar-refractivity contribution in [1.82, 2.24) is 0 Å². The Bertz CT molecular complexity index is 157. The van der Waals surface area contributed by atoms with Crippen molar-refractivity contribution >= 4 is 5.97 Å². The van der Waals surface area contributed by atoms with Gasteiger partial charge in [0, 0.05) is 6.42 Å². The standard InChI is InChI=1S/C6H10O5/c7-3-1-2-4(8)11-5(3)6(9)10/h3-5,7-8H,1-2H2,(H,9,10)/t3-,4-,5?/m1/s1. The van der Waals surface area contributed by atoms with Gasteiger partial charge in [0.2, 0.25) is 0 Å². The molecule has 3 atom stereocenters. The number of carbonyl (C=O) groups is 1. The van der Waals surface area contributed by atoms with Crippen LogP contribution < -0.4 is 0 Å². The number of carboxylic acid groups (broad SMARTS) is 1. The molecule has 3 N–H and O–H groups in total. The third-order valence-electron chi connectivity index (χ3n) is 1.61. The van der Waals surface area contributed by atoms with Gasteiger partial charge in [0.15, 0.2) is 12.4 Å². The van der Waals surface area contributed by atoms with Gasteiger partial charge in [0.1, 0.15) is 0 Å². The van der Waals surface area contributed by atoms with E-state index in [2.05, 4.69) is 4.74 Å². The van der Waals surface area contributed by atoms with Crippen molar-refractivity contribution in [3.8, 4) is 0 Å². The molecule has 1 aliphatic rings. The van der Waals surface area contributed by atoms with Crippen molar-refractivity contribution in [1.29, 1.82) is 0 Å². The lowest BCUT2D eigenvalue weighted by atomic mass is 10.1. The summed E-state index contributed by atoms with van der Waals surface area (Å²) in [5.74, 6) is -1.24. The molecular weight excluding hydrogens is 152 g/mol. The monoisotopic (exact) mass is 162 g/mol. The molecule has 1 unspecified atom stereocenters. The first-order chi connectivity index (χ1) is 5.11. The molecule has 0 saturated carbocycles. The first-order valence-corrected chi connectivity index (χ1v) is 3.35. The fraction of sp³-hybridized carbons (Fsp3) is 0.833. The van der Waals surface area contributed by atoms with E-state index in [9.17, 15) is 4.79 Å². The summed E-state index contributed by atoms with van der Waals surface area (Å²) in [5.41, 5.74) is 0. The van der Waals surface area contributed by atoms with Crippen LogP contribution in [0.15, 0.2) is 0 Å². The van der Waals surface area contributed by atoms with Gasteiger partial charge in [-0.1, -0.05) is 0 Å². The van der Waals surface area contributed by atoms with Gasteiger partial charge in [-0.05, 0) is 6.42 Å². The second kappa shape index (κ2) is 3.17. The lowest BCUT2D eigenvalue weighted by Crippen LogP contribution is -2.43. The molecule has 0 aromatic heterocycles. The van der Waals surface area contributed by atoms with Crippen LogP contribution in [0.5, 0.6) is 0 Å². The van der Waals surface area contributed by atoms with Crippen LogP contribution in [-0.4, -0.2) is 39.8 Å². The molecule has 0 spiro atoms. The van der Waals surface area contributed by atoms with Crippen LogP contribution in [0, 0.1) is 0 Å². The highest BCUT2D eigenvalue weighted by atomic mass is 16.6. The van der Waals surface area contributed by atoms with Crippen LogP contribution in [0.1, 0.15) is 12.8 Å². The van der Waals surface area contributed by atoms with Crippen molar-refractivity contribution in [3.05, 3.63) is 0 Å². The van der Waals surface area contributed by atoms with E-state index in [4.69, 9.17) is 15.3 Å². The maximum atomic E-state index is 10.3. The Kier molecular flexibility index (Phi) is 2.43. The molecule has 1 saturated heterocycles. The lowest BCUT2D eigenvalue weighted by Gasteiger charge is -2.28. The van der Waals surface area contributed by atoms with Crippen LogP contribution in [-0.2, 0) is 9.53 Å². The zero-order valence-electron chi connectivity index (χ0n) is 5.80. The molecule has 64 valence electrons. The lowest BCUT2D eigenvalue weighted by molar-refractivity contribution is -0.211. The van der Waals surface area contributed by atoms with Crippen molar-refractivity contribution < 1.29 is 24.9 Å². The van der Waals surface area contributed by atoms with Crippen LogP contribution in [0.4, 0.5) is 0 Å². The number of aliphatic hydroxyl groups excluding tert-OH is 2. The first-order valence-electron chi connectivity index (χ1n) is 3.35. The van der Waals surface area contributed by atoms with Crippen LogP contribution in [0.2, 0.25) is 0 Å². The van der Waals surface area contributed by atoms with Crippen molar-refractivity contribution in [2.45, 2.75) is 31.3 Å². The third kappa shape index (κ3) is 1.89. The predicted molar refractivity (Wildman–Crippen MR) is 33.8 cm³/mol. The highest BCUT2D eigenvalue weighted by Crippen LogP contribution is 2.17. The predicted octanol–water partition coefficient (Wildman–Crippen LogP) is -1.07. The number of hydrogen-bond acceptors (Lipinski definition) is 4. The summed E-state index contributed by atoms with van der Waals surface area (Å²) in [6.07, 6.45) is -2.79. The average Bonchev–Trinajstić information content (AvgIpc) is 1.94. The third-order valence-corrected chi connectivity index (χ3v) is 1.61. The largest absolute Gasteiger partial charge is 0.479 e. The van der Waals surface area contributed by atoms with Gasteiger partial charge in [-0.2, -0.15) is 0 Å². The van der Waals surface area contributed by atoms with E-state index in [1.807, 2.05) is 0 Å². The number of aliphatic hydroxyl groups is 2. The second-order valence-corrected chi connectivity index (χ2v) is 2.49. The Labute approximate surface area is 63.2 Å². The summed E-state index contributed by atoms with van der Waals surface area (Å²) in [4.78, 5) is 10.3. The summed E-state index contributed by atoms with van der Waals surface area (Å²) in [6, 6.07) is 0. The molecule has 1 heterocycles. The highest BCUT2D eigenvalue weighted by molar-refractivity contribution is 5.73. The molecule has 1 aliphatic heterocycles. The number of hydrogen-bond donors (Lipinski definition) is 3. The van der Waals surface area contributed by atoms with E-state index in [1.165, 1.54) is 0 Å². The van der Waals surface area contributed by atoms with Gasteiger partial charge in [-0.3, -0.25) is 0 Å². The molecule has 5 heteroatoms. The fourth-order valence-corrected chi connectivity index (χ4v) is 1.02.